The van der Waals surface area contributed by atoms with E-state index in [4.69, 9.17) is 14.2 Å². The molecule has 60 heavy (non-hydrogen) atoms. The van der Waals surface area contributed by atoms with Gasteiger partial charge in [-0.05, 0) is 84.3 Å². The third kappa shape index (κ3) is 6.73. The first kappa shape index (κ1) is 39.8. The van der Waals surface area contributed by atoms with Gasteiger partial charge in [0.1, 0.15) is 11.5 Å². The summed E-state index contributed by atoms with van der Waals surface area (Å²) in [6.45, 7) is 7.73. The SMILES string of the molecule is COc1ccc([Si](C)(C)[C@@H]2[C@@H](CCn3cc(CCO)nn3)O[C@]3(C(=O)N(Cc4cccc(N5C(=O)c6ccccc6Oc6ccccc65)c4)c4ccc(Br)cc43)[C@H]2C)cc1. The molecule has 1 N–H and O–H groups in total. The molecule has 3 aliphatic rings. The van der Waals surface area contributed by atoms with Crippen LogP contribution in [0.5, 0.6) is 17.2 Å². The van der Waals surface area contributed by atoms with Gasteiger partial charge < -0.3 is 24.2 Å². The van der Waals surface area contributed by atoms with Crippen molar-refractivity contribution in [2.24, 2.45) is 5.92 Å². The number of ether oxygens (including phenoxy) is 3. The van der Waals surface area contributed by atoms with Crippen LogP contribution >= 0.6 is 15.9 Å². The van der Waals surface area contributed by atoms with Crippen molar-refractivity contribution in [2.75, 3.05) is 23.5 Å². The number of aryl methyl sites for hydroxylation is 1. The molecule has 1 saturated heterocycles. The van der Waals surface area contributed by atoms with Crippen molar-refractivity contribution in [1.82, 2.24) is 15.0 Å². The number of aliphatic hydroxyl groups excluding tert-OH is 1. The molecule has 13 heteroatoms. The first-order chi connectivity index (χ1) is 29.0. The lowest BCUT2D eigenvalue weighted by atomic mass is 9.82. The largest absolute Gasteiger partial charge is 0.497 e. The number of aliphatic hydroxyl groups is 1. The van der Waals surface area contributed by atoms with Gasteiger partial charge in [-0.1, -0.05) is 94.9 Å². The van der Waals surface area contributed by atoms with Gasteiger partial charge in [-0.2, -0.15) is 0 Å². The zero-order chi connectivity index (χ0) is 41.8. The smallest absolute Gasteiger partial charge is 0.266 e. The minimum absolute atomic E-state index is 0.000111. The zero-order valence-corrected chi connectivity index (χ0v) is 36.5. The monoisotopic (exact) mass is 883 g/mol. The molecular weight excluding hydrogens is 839 g/mol. The molecule has 0 aliphatic carbocycles. The molecule has 1 aromatic heterocycles. The van der Waals surface area contributed by atoms with E-state index < -0.39 is 13.7 Å². The minimum atomic E-state index is -2.39. The maximum atomic E-state index is 15.5. The highest BCUT2D eigenvalue weighted by Crippen LogP contribution is 2.60. The number of rotatable bonds is 11. The third-order valence-electron chi connectivity index (χ3n) is 12.6. The predicted molar refractivity (Wildman–Crippen MR) is 236 cm³/mol. The molecule has 306 valence electrons. The van der Waals surface area contributed by atoms with Gasteiger partial charge in [0.25, 0.3) is 11.8 Å². The van der Waals surface area contributed by atoms with Crippen molar-refractivity contribution < 1.29 is 28.9 Å². The number of hydrogen-bond acceptors (Lipinski definition) is 8. The molecule has 0 unspecified atom stereocenters. The van der Waals surface area contributed by atoms with Crippen LogP contribution < -0.4 is 24.5 Å². The second kappa shape index (κ2) is 15.8. The molecule has 5 aromatic carbocycles. The summed E-state index contributed by atoms with van der Waals surface area (Å²) in [4.78, 5) is 33.4. The summed E-state index contributed by atoms with van der Waals surface area (Å²) in [5.41, 5.74) is 3.75. The first-order valence-corrected chi connectivity index (χ1v) is 24.1. The molecule has 4 atom stereocenters. The molecule has 0 bridgehead atoms. The maximum absolute atomic E-state index is 15.5. The molecule has 2 amide bonds. The van der Waals surface area contributed by atoms with Crippen molar-refractivity contribution in [3.8, 4) is 17.2 Å². The van der Waals surface area contributed by atoms with Crippen molar-refractivity contribution in [3.63, 3.8) is 0 Å². The van der Waals surface area contributed by atoms with Gasteiger partial charge in [0.15, 0.2) is 11.4 Å². The molecule has 1 spiro atoms. The summed E-state index contributed by atoms with van der Waals surface area (Å²) in [6.07, 6.45) is 2.64. The number of hydrogen-bond donors (Lipinski definition) is 1. The zero-order valence-electron chi connectivity index (χ0n) is 33.9. The minimum Gasteiger partial charge on any atom is -0.497 e. The van der Waals surface area contributed by atoms with E-state index in [1.165, 1.54) is 5.19 Å². The summed E-state index contributed by atoms with van der Waals surface area (Å²) in [5, 5.41) is 19.3. The van der Waals surface area contributed by atoms with Gasteiger partial charge in [-0.15, -0.1) is 5.10 Å². The standard InChI is InChI=1S/C47H46BrN5O6Si/c1-30-44(60(3,4)36-19-17-35(57-2)18-20-36)43(22-24-51-29-33(23-25-54)49-50-51)59-47(30)38-27-32(48)16-21-39(38)52(46(47)56)28-31-10-9-11-34(26-31)53-40-13-6-8-15-42(40)58-41-14-7-5-12-37(41)45(53)55/h5-21,26-27,29-30,43-44,54H,22-25,28H2,1-4H3/t30-,43+,44-,47+/m0/s1. The Labute approximate surface area is 358 Å². The van der Waals surface area contributed by atoms with E-state index in [0.717, 1.165) is 32.7 Å². The Kier molecular flexibility index (Phi) is 10.5. The van der Waals surface area contributed by atoms with Gasteiger partial charge >= 0.3 is 0 Å². The molecule has 3 aliphatic heterocycles. The van der Waals surface area contributed by atoms with E-state index in [9.17, 15) is 9.90 Å². The van der Waals surface area contributed by atoms with Crippen molar-refractivity contribution >= 4 is 58.1 Å². The number of anilines is 3. The highest BCUT2D eigenvalue weighted by molar-refractivity contribution is 9.10. The average molecular weight is 885 g/mol. The summed E-state index contributed by atoms with van der Waals surface area (Å²) in [6, 6.07) is 37.0. The Morgan fingerprint density at radius 2 is 1.67 bits per heavy atom. The number of amides is 2. The molecule has 9 rings (SSSR count). The number of nitrogens with zero attached hydrogens (tertiary/aromatic N) is 5. The molecular formula is C47H46BrN5O6Si. The number of halogens is 1. The Hall–Kier alpha value is -5.60. The number of benzene rings is 5. The van der Waals surface area contributed by atoms with Gasteiger partial charge in [-0.25, -0.2) is 0 Å². The van der Waals surface area contributed by atoms with Crippen LogP contribution in [0.25, 0.3) is 0 Å². The fourth-order valence-electron chi connectivity index (χ4n) is 9.69. The second-order valence-electron chi connectivity index (χ2n) is 16.3. The van der Waals surface area contributed by atoms with Crippen LogP contribution in [0.2, 0.25) is 18.6 Å². The Balaban J connectivity index is 1.09. The van der Waals surface area contributed by atoms with Crippen LogP contribution in [0, 0.1) is 5.92 Å². The van der Waals surface area contributed by atoms with E-state index in [0.29, 0.717) is 47.8 Å². The molecule has 6 aromatic rings. The van der Waals surface area contributed by atoms with Crippen LogP contribution in [0.1, 0.15) is 40.5 Å². The predicted octanol–water partition coefficient (Wildman–Crippen LogP) is 8.52. The highest BCUT2D eigenvalue weighted by atomic mass is 79.9. The van der Waals surface area contributed by atoms with Crippen LogP contribution in [0.15, 0.2) is 126 Å². The van der Waals surface area contributed by atoms with Crippen molar-refractivity contribution in [2.45, 2.75) is 63.2 Å². The van der Waals surface area contributed by atoms with E-state index in [1.807, 2.05) is 107 Å². The van der Waals surface area contributed by atoms with Crippen LogP contribution in [0.3, 0.4) is 0 Å². The van der Waals surface area contributed by atoms with Crippen LogP contribution in [-0.4, -0.2) is 59.8 Å². The summed E-state index contributed by atoms with van der Waals surface area (Å²) >= 11 is 3.74. The van der Waals surface area contributed by atoms with E-state index in [1.54, 1.807) is 24.1 Å². The molecule has 11 nitrogen and oxygen atoms in total. The Morgan fingerprint density at radius 1 is 0.900 bits per heavy atom. The third-order valence-corrected chi connectivity index (χ3v) is 17.4. The van der Waals surface area contributed by atoms with Gasteiger partial charge in [0.2, 0.25) is 0 Å². The van der Waals surface area contributed by atoms with Gasteiger partial charge in [-0.3, -0.25) is 19.2 Å². The summed E-state index contributed by atoms with van der Waals surface area (Å²) in [5.74, 6) is 1.36. The quantitative estimate of drug-likeness (QED) is 0.129. The first-order valence-electron chi connectivity index (χ1n) is 20.3. The average Bonchev–Trinajstić information content (AvgIpc) is 3.87. The number of fused-ring (bicyclic) bond motifs is 4. The molecule has 0 saturated carbocycles. The van der Waals surface area contributed by atoms with Crippen LogP contribution in [-0.2, 0) is 34.6 Å². The van der Waals surface area contributed by atoms with E-state index in [-0.39, 0.29) is 42.5 Å². The topological polar surface area (TPSA) is 119 Å². The number of para-hydroxylation sites is 3. The number of methoxy groups -OCH3 is 1. The van der Waals surface area contributed by atoms with E-state index >= 15 is 4.79 Å². The maximum Gasteiger partial charge on any atom is 0.266 e. The highest BCUT2D eigenvalue weighted by Gasteiger charge is 2.66. The Bertz CT molecular complexity index is 2600. The van der Waals surface area contributed by atoms with E-state index in [2.05, 4.69) is 58.4 Å². The Morgan fingerprint density at radius 3 is 2.45 bits per heavy atom. The summed E-state index contributed by atoms with van der Waals surface area (Å²) < 4.78 is 21.8. The van der Waals surface area contributed by atoms with Crippen LogP contribution in [0.4, 0.5) is 17.1 Å². The van der Waals surface area contributed by atoms with Crippen molar-refractivity contribution in [1.29, 1.82) is 0 Å². The van der Waals surface area contributed by atoms with Crippen molar-refractivity contribution in [3.05, 3.63) is 148 Å². The molecule has 1 fully saturated rings. The van der Waals surface area contributed by atoms with Gasteiger partial charge in [0, 0.05) is 47.4 Å². The molecule has 4 heterocycles. The number of carbonyl (C=O) groups excluding carboxylic acids is 2. The number of carbonyl (C=O) groups is 2. The lowest BCUT2D eigenvalue weighted by molar-refractivity contribution is -0.146. The molecule has 0 radical (unpaired) electrons. The normalized spacial score (nSPS) is 20.8. The second-order valence-corrected chi connectivity index (χ2v) is 21.9. The lowest BCUT2D eigenvalue weighted by Gasteiger charge is -2.37. The lowest BCUT2D eigenvalue weighted by Crippen LogP contribution is -2.51. The summed E-state index contributed by atoms with van der Waals surface area (Å²) in [7, 11) is -0.717. The fourth-order valence-corrected chi connectivity index (χ4v) is 14.1. The van der Waals surface area contributed by atoms with Gasteiger partial charge in [0.05, 0.1) is 50.5 Å². The fraction of sp³-hybridized carbons (Fsp3) is 0.277. The number of aromatic nitrogens is 3.